The van der Waals surface area contributed by atoms with Gasteiger partial charge < -0.3 is 14.9 Å². The topological polar surface area (TPSA) is 79.9 Å². The first kappa shape index (κ1) is 20.1. The van der Waals surface area contributed by atoms with Crippen LogP contribution in [0.5, 0.6) is 0 Å². The summed E-state index contributed by atoms with van der Waals surface area (Å²) in [5.74, 6) is -0.164. The lowest BCUT2D eigenvalue weighted by molar-refractivity contribution is 0.0193. The first-order valence-electron chi connectivity index (χ1n) is 9.76. The van der Waals surface area contributed by atoms with Crippen molar-refractivity contribution in [1.29, 1.82) is 0 Å². The Labute approximate surface area is 173 Å². The first-order chi connectivity index (χ1) is 14.6. The molecule has 2 aliphatic rings. The Morgan fingerprint density at radius 1 is 1.17 bits per heavy atom. The number of nitrogens with one attached hydrogen (secondary N) is 2. The minimum absolute atomic E-state index is 0.0842. The first-order valence-corrected chi connectivity index (χ1v) is 9.76. The van der Waals surface area contributed by atoms with Gasteiger partial charge >= 0.3 is 6.16 Å². The lowest BCUT2D eigenvalue weighted by atomic mass is 9.91. The standard InChI is InChI=1S/C22H22FN3O4/c1-2-29-22(28)30-19-13-24-26-18(15-9-6-10-16(23)11-15)12-17(25-21(19)26)20(27)14-7-4-3-5-8-14/h3-11,13,17-18,21,24-25H,2,12H2,1H3. The summed E-state index contributed by atoms with van der Waals surface area (Å²) in [4.78, 5) is 25.0. The van der Waals surface area contributed by atoms with Gasteiger partial charge in [0.1, 0.15) is 12.0 Å². The van der Waals surface area contributed by atoms with E-state index < -0.39 is 18.4 Å². The third-order valence-electron chi connectivity index (χ3n) is 5.13. The van der Waals surface area contributed by atoms with Crippen LogP contribution in [0.3, 0.4) is 0 Å². The molecule has 3 atom stereocenters. The number of ketones is 1. The van der Waals surface area contributed by atoms with Crippen LogP contribution < -0.4 is 10.7 Å². The summed E-state index contributed by atoms with van der Waals surface area (Å²) in [7, 11) is 0. The molecule has 4 rings (SSSR count). The monoisotopic (exact) mass is 411 g/mol. The van der Waals surface area contributed by atoms with E-state index in [9.17, 15) is 14.0 Å². The van der Waals surface area contributed by atoms with Crippen LogP contribution >= 0.6 is 0 Å². The van der Waals surface area contributed by atoms with E-state index in [2.05, 4.69) is 10.7 Å². The lowest BCUT2D eigenvalue weighted by Gasteiger charge is -2.42. The summed E-state index contributed by atoms with van der Waals surface area (Å²) in [5.41, 5.74) is 4.35. The van der Waals surface area contributed by atoms with Gasteiger partial charge in [-0.2, -0.15) is 5.01 Å². The molecular formula is C22H22FN3O4. The summed E-state index contributed by atoms with van der Waals surface area (Å²) >= 11 is 0. The van der Waals surface area contributed by atoms with Gasteiger partial charge in [0, 0.05) is 5.56 Å². The maximum atomic E-state index is 13.9. The molecule has 0 aliphatic carbocycles. The van der Waals surface area contributed by atoms with Crippen LogP contribution in [-0.4, -0.2) is 35.8 Å². The summed E-state index contributed by atoms with van der Waals surface area (Å²) in [5, 5.41) is 5.05. The van der Waals surface area contributed by atoms with Crippen molar-refractivity contribution in [2.45, 2.75) is 31.6 Å². The van der Waals surface area contributed by atoms with E-state index in [0.29, 0.717) is 17.5 Å². The molecular weight excluding hydrogens is 389 g/mol. The highest BCUT2D eigenvalue weighted by Gasteiger charge is 2.44. The molecule has 8 heteroatoms. The van der Waals surface area contributed by atoms with Crippen molar-refractivity contribution in [3.05, 3.63) is 83.5 Å². The minimum atomic E-state index is -0.826. The number of carbonyl (C=O) groups excluding carboxylic acids is 2. The SMILES string of the molecule is CCOC(=O)OC1=CNN2C1NC(C(=O)c1ccccc1)CC2c1cccc(F)c1. The summed E-state index contributed by atoms with van der Waals surface area (Å²) in [6.07, 6.45) is 0.513. The highest BCUT2D eigenvalue weighted by Crippen LogP contribution is 2.35. The molecule has 1 saturated heterocycles. The summed E-state index contributed by atoms with van der Waals surface area (Å²) in [6.45, 7) is 1.87. The third-order valence-corrected chi connectivity index (χ3v) is 5.13. The number of halogens is 1. The van der Waals surface area contributed by atoms with E-state index in [1.165, 1.54) is 18.3 Å². The molecule has 0 saturated carbocycles. The second kappa shape index (κ2) is 8.64. The van der Waals surface area contributed by atoms with Gasteiger partial charge in [0.15, 0.2) is 11.5 Å². The van der Waals surface area contributed by atoms with Crippen LogP contribution in [0, 0.1) is 5.82 Å². The number of rotatable bonds is 5. The van der Waals surface area contributed by atoms with Crippen LogP contribution in [-0.2, 0) is 9.47 Å². The largest absolute Gasteiger partial charge is 0.513 e. The number of carbonyl (C=O) groups is 2. The van der Waals surface area contributed by atoms with Crippen molar-refractivity contribution in [2.24, 2.45) is 0 Å². The maximum Gasteiger partial charge on any atom is 0.513 e. The van der Waals surface area contributed by atoms with Crippen molar-refractivity contribution >= 4 is 11.9 Å². The zero-order valence-electron chi connectivity index (χ0n) is 16.4. The van der Waals surface area contributed by atoms with E-state index in [1.54, 1.807) is 42.3 Å². The Kier molecular flexibility index (Phi) is 5.78. The molecule has 156 valence electrons. The number of hydrogen-bond donors (Lipinski definition) is 2. The van der Waals surface area contributed by atoms with Gasteiger partial charge in [-0.3, -0.25) is 10.1 Å². The molecule has 0 aromatic heterocycles. The minimum Gasteiger partial charge on any atom is -0.434 e. The van der Waals surface area contributed by atoms with Crippen molar-refractivity contribution in [3.8, 4) is 0 Å². The molecule has 2 heterocycles. The van der Waals surface area contributed by atoms with E-state index in [0.717, 1.165) is 0 Å². The van der Waals surface area contributed by atoms with Gasteiger partial charge in [-0.1, -0.05) is 42.5 Å². The molecule has 7 nitrogen and oxygen atoms in total. The molecule has 2 N–H and O–H groups in total. The number of hydrazine groups is 1. The van der Waals surface area contributed by atoms with Crippen LogP contribution in [0.15, 0.2) is 66.6 Å². The van der Waals surface area contributed by atoms with Crippen molar-refractivity contribution in [3.63, 3.8) is 0 Å². The molecule has 30 heavy (non-hydrogen) atoms. The van der Waals surface area contributed by atoms with Gasteiger partial charge in [-0.25, -0.2) is 9.18 Å². The van der Waals surface area contributed by atoms with E-state index in [-0.39, 0.29) is 30.0 Å². The predicted molar refractivity (Wildman–Crippen MR) is 106 cm³/mol. The van der Waals surface area contributed by atoms with Gasteiger partial charge in [-0.15, -0.1) is 0 Å². The van der Waals surface area contributed by atoms with Crippen LogP contribution in [0.4, 0.5) is 9.18 Å². The predicted octanol–water partition coefficient (Wildman–Crippen LogP) is 3.27. The van der Waals surface area contributed by atoms with Gasteiger partial charge in [-0.05, 0) is 31.0 Å². The van der Waals surface area contributed by atoms with E-state index >= 15 is 0 Å². The molecule has 3 unspecified atom stereocenters. The Balaban J connectivity index is 1.63. The highest BCUT2D eigenvalue weighted by molar-refractivity contribution is 6.00. The van der Waals surface area contributed by atoms with Crippen LogP contribution in [0.2, 0.25) is 0 Å². The van der Waals surface area contributed by atoms with Crippen LogP contribution in [0.25, 0.3) is 0 Å². The zero-order valence-corrected chi connectivity index (χ0v) is 16.4. The number of ether oxygens (including phenoxy) is 2. The third kappa shape index (κ3) is 4.05. The second-order valence-electron chi connectivity index (χ2n) is 7.03. The fraction of sp³-hybridized carbons (Fsp3) is 0.273. The quantitative estimate of drug-likeness (QED) is 0.577. The number of nitrogens with zero attached hydrogens (tertiary/aromatic N) is 1. The fourth-order valence-electron chi connectivity index (χ4n) is 3.78. The Hall–Kier alpha value is -3.23. The zero-order chi connectivity index (χ0) is 21.1. The Bertz CT molecular complexity index is 966. The molecule has 2 aromatic rings. The molecule has 2 aromatic carbocycles. The number of fused-ring (bicyclic) bond motifs is 1. The second-order valence-corrected chi connectivity index (χ2v) is 7.03. The maximum absolute atomic E-state index is 13.9. The molecule has 1 fully saturated rings. The van der Waals surface area contributed by atoms with Crippen LogP contribution in [0.1, 0.15) is 35.3 Å². The summed E-state index contributed by atoms with van der Waals surface area (Å²) in [6, 6.07) is 14.3. The van der Waals surface area contributed by atoms with Gasteiger partial charge in [0.05, 0.1) is 24.9 Å². The molecule has 0 spiro atoms. The molecule has 2 aliphatic heterocycles. The van der Waals surface area contributed by atoms with E-state index in [1.807, 2.05) is 12.1 Å². The van der Waals surface area contributed by atoms with E-state index in [4.69, 9.17) is 9.47 Å². The number of benzene rings is 2. The van der Waals surface area contributed by atoms with Crippen molar-refractivity contribution < 1.29 is 23.5 Å². The lowest BCUT2D eigenvalue weighted by Crippen LogP contribution is -2.60. The van der Waals surface area contributed by atoms with Gasteiger partial charge in [0.2, 0.25) is 0 Å². The number of hydrogen-bond acceptors (Lipinski definition) is 7. The Morgan fingerprint density at radius 2 is 1.97 bits per heavy atom. The normalized spacial score (nSPS) is 23.1. The average molecular weight is 411 g/mol. The summed E-state index contributed by atoms with van der Waals surface area (Å²) < 4.78 is 24.1. The van der Waals surface area contributed by atoms with Crippen molar-refractivity contribution in [1.82, 2.24) is 15.8 Å². The number of Topliss-reactive ketones (excluding diaryl/α,β-unsaturated/α-hetero) is 1. The fourth-order valence-corrected chi connectivity index (χ4v) is 3.78. The molecule has 0 amide bonds. The van der Waals surface area contributed by atoms with Gasteiger partial charge in [0.25, 0.3) is 0 Å². The smallest absolute Gasteiger partial charge is 0.434 e. The Morgan fingerprint density at radius 3 is 2.70 bits per heavy atom. The molecule has 0 radical (unpaired) electrons. The average Bonchev–Trinajstić information content (AvgIpc) is 3.16. The molecule has 0 bridgehead atoms. The highest BCUT2D eigenvalue weighted by atomic mass is 19.1. The van der Waals surface area contributed by atoms with Crippen molar-refractivity contribution in [2.75, 3.05) is 6.61 Å².